The van der Waals surface area contributed by atoms with E-state index < -0.39 is 6.61 Å². The minimum Gasteiger partial charge on any atom is -0.435 e. The first kappa shape index (κ1) is 19.8. The van der Waals surface area contributed by atoms with Crippen molar-refractivity contribution in [2.45, 2.75) is 32.5 Å². The topological polar surface area (TPSA) is 49.3 Å². The summed E-state index contributed by atoms with van der Waals surface area (Å²) >= 11 is 0. The van der Waals surface area contributed by atoms with Crippen molar-refractivity contribution < 1.29 is 18.3 Å². The van der Waals surface area contributed by atoms with Crippen LogP contribution in [0.5, 0.6) is 5.75 Å². The molecule has 1 unspecified atom stereocenters. The normalized spacial score (nSPS) is 21.7. The zero-order chi connectivity index (χ0) is 19.1. The van der Waals surface area contributed by atoms with Gasteiger partial charge in [0.05, 0.1) is 19.8 Å². The summed E-state index contributed by atoms with van der Waals surface area (Å²) in [5, 5.41) is 3.35. The first-order chi connectivity index (χ1) is 13.2. The van der Waals surface area contributed by atoms with Gasteiger partial charge in [-0.05, 0) is 31.0 Å². The first-order valence-corrected chi connectivity index (χ1v) is 9.54. The molecule has 2 aliphatic heterocycles. The van der Waals surface area contributed by atoms with Crippen LogP contribution in [-0.2, 0) is 11.3 Å². The predicted molar refractivity (Wildman–Crippen MR) is 100 cm³/mol. The van der Waals surface area contributed by atoms with E-state index in [1.807, 2.05) is 13.0 Å². The zero-order valence-electron chi connectivity index (χ0n) is 15.7. The molecule has 1 atom stereocenters. The third kappa shape index (κ3) is 5.77. The molecular formula is C19H28F2N4O2. The van der Waals surface area contributed by atoms with Crippen LogP contribution in [-0.4, -0.2) is 74.4 Å². The van der Waals surface area contributed by atoms with Crippen LogP contribution in [0.3, 0.4) is 0 Å². The summed E-state index contributed by atoms with van der Waals surface area (Å²) in [6.45, 7) is 5.93. The van der Waals surface area contributed by atoms with E-state index in [1.54, 1.807) is 12.1 Å². The van der Waals surface area contributed by atoms with Crippen LogP contribution in [0.25, 0.3) is 0 Å². The first-order valence-electron chi connectivity index (χ1n) is 9.54. The number of aliphatic imine (C=N–C) groups is 1. The number of likely N-dealkylation sites (tertiary alicyclic amines) is 1. The van der Waals surface area contributed by atoms with Gasteiger partial charge in [-0.25, -0.2) is 4.99 Å². The van der Waals surface area contributed by atoms with Crippen molar-refractivity contribution in [2.24, 2.45) is 4.99 Å². The second-order valence-electron chi connectivity index (χ2n) is 6.73. The Kier molecular flexibility index (Phi) is 7.23. The van der Waals surface area contributed by atoms with Gasteiger partial charge in [0, 0.05) is 38.8 Å². The molecule has 8 heteroatoms. The molecule has 6 nitrogen and oxygen atoms in total. The van der Waals surface area contributed by atoms with Crippen LogP contribution in [0.2, 0.25) is 0 Å². The highest BCUT2D eigenvalue weighted by Crippen LogP contribution is 2.19. The minimum atomic E-state index is -2.82. The minimum absolute atomic E-state index is 0.163. The van der Waals surface area contributed by atoms with Crippen molar-refractivity contribution in [2.75, 3.05) is 45.9 Å². The fourth-order valence-corrected chi connectivity index (χ4v) is 3.59. The molecule has 0 aromatic heterocycles. The quantitative estimate of drug-likeness (QED) is 0.604. The number of nitrogens with zero attached hydrogens (tertiary/aromatic N) is 3. The molecule has 0 radical (unpaired) electrons. The lowest BCUT2D eigenvalue weighted by Gasteiger charge is -2.32. The number of benzene rings is 1. The molecule has 0 bridgehead atoms. The fraction of sp³-hybridized carbons (Fsp3) is 0.632. The van der Waals surface area contributed by atoms with Crippen LogP contribution in [0.4, 0.5) is 8.78 Å². The summed E-state index contributed by atoms with van der Waals surface area (Å²) in [7, 11) is 0. The highest BCUT2D eigenvalue weighted by molar-refractivity contribution is 5.80. The van der Waals surface area contributed by atoms with Gasteiger partial charge in [0.25, 0.3) is 0 Å². The van der Waals surface area contributed by atoms with Gasteiger partial charge >= 0.3 is 6.61 Å². The van der Waals surface area contributed by atoms with Gasteiger partial charge < -0.3 is 19.7 Å². The molecular weight excluding hydrogens is 354 g/mol. The van der Waals surface area contributed by atoms with Crippen LogP contribution in [0, 0.1) is 0 Å². The molecule has 0 spiro atoms. The maximum Gasteiger partial charge on any atom is 0.387 e. The van der Waals surface area contributed by atoms with E-state index in [4.69, 9.17) is 9.73 Å². The van der Waals surface area contributed by atoms with Crippen LogP contribution in [0.15, 0.2) is 29.3 Å². The van der Waals surface area contributed by atoms with Crippen molar-refractivity contribution in [3.8, 4) is 5.75 Å². The smallest absolute Gasteiger partial charge is 0.387 e. The number of guanidine groups is 1. The molecule has 27 heavy (non-hydrogen) atoms. The fourth-order valence-electron chi connectivity index (χ4n) is 3.59. The Morgan fingerprint density at radius 3 is 2.89 bits per heavy atom. The van der Waals surface area contributed by atoms with Gasteiger partial charge in [-0.3, -0.25) is 4.90 Å². The number of hydrogen-bond acceptors (Lipinski definition) is 4. The number of morpholine rings is 1. The Morgan fingerprint density at radius 1 is 1.33 bits per heavy atom. The Labute approximate surface area is 159 Å². The summed E-state index contributed by atoms with van der Waals surface area (Å²) in [6, 6.07) is 7.24. The number of rotatable bonds is 6. The lowest BCUT2D eigenvalue weighted by atomic mass is 10.2. The Hall–Kier alpha value is -1.93. The number of halogens is 2. The Balaban J connectivity index is 1.61. The van der Waals surface area contributed by atoms with Gasteiger partial charge in [0.15, 0.2) is 5.96 Å². The molecule has 1 aromatic rings. The Morgan fingerprint density at radius 2 is 2.15 bits per heavy atom. The van der Waals surface area contributed by atoms with Gasteiger partial charge in [-0.1, -0.05) is 12.1 Å². The monoisotopic (exact) mass is 382 g/mol. The summed E-state index contributed by atoms with van der Waals surface area (Å²) < 4.78 is 34.7. The maximum absolute atomic E-state index is 12.4. The number of ether oxygens (including phenoxy) is 2. The summed E-state index contributed by atoms with van der Waals surface area (Å²) in [5.41, 5.74) is 0.840. The second-order valence-corrected chi connectivity index (χ2v) is 6.73. The molecule has 150 valence electrons. The van der Waals surface area contributed by atoms with Crippen molar-refractivity contribution >= 4 is 5.96 Å². The lowest BCUT2D eigenvalue weighted by molar-refractivity contribution is -0.0498. The lowest BCUT2D eigenvalue weighted by Crippen LogP contribution is -2.46. The summed E-state index contributed by atoms with van der Waals surface area (Å²) in [6.07, 6.45) is 1.11. The van der Waals surface area contributed by atoms with Gasteiger partial charge in [-0.15, -0.1) is 0 Å². The zero-order valence-corrected chi connectivity index (χ0v) is 15.7. The van der Waals surface area contributed by atoms with Crippen LogP contribution >= 0.6 is 0 Å². The second kappa shape index (κ2) is 9.85. The van der Waals surface area contributed by atoms with Gasteiger partial charge in [0.2, 0.25) is 0 Å². The van der Waals surface area contributed by atoms with Crippen molar-refractivity contribution in [1.82, 2.24) is 15.1 Å². The SMILES string of the molecule is CCNC(=NCc1cccc(OC(F)F)c1)N1CCC(N2CCOCC2)C1. The molecule has 2 saturated heterocycles. The van der Waals surface area contributed by atoms with E-state index in [-0.39, 0.29) is 5.75 Å². The van der Waals surface area contributed by atoms with Gasteiger partial charge in [-0.2, -0.15) is 8.78 Å². The predicted octanol–water partition coefficient (Wildman–Crippen LogP) is 2.16. The maximum atomic E-state index is 12.4. The standard InChI is InChI=1S/C19H28F2N4O2/c1-2-22-19(23-13-15-4-3-5-17(12-15)27-18(20)21)25-7-6-16(14-25)24-8-10-26-11-9-24/h3-5,12,16,18H,2,6-11,13-14H2,1H3,(H,22,23). The van der Waals surface area contributed by atoms with Crippen molar-refractivity contribution in [3.63, 3.8) is 0 Å². The van der Waals surface area contributed by atoms with E-state index in [0.717, 1.165) is 63.9 Å². The van der Waals surface area contributed by atoms with Crippen LogP contribution < -0.4 is 10.1 Å². The highest BCUT2D eigenvalue weighted by Gasteiger charge is 2.30. The molecule has 0 amide bonds. The van der Waals surface area contributed by atoms with E-state index >= 15 is 0 Å². The number of alkyl halides is 2. The van der Waals surface area contributed by atoms with E-state index in [2.05, 4.69) is 19.9 Å². The van der Waals surface area contributed by atoms with Crippen molar-refractivity contribution in [3.05, 3.63) is 29.8 Å². The van der Waals surface area contributed by atoms with E-state index in [1.165, 1.54) is 6.07 Å². The molecule has 2 heterocycles. The molecule has 3 rings (SSSR count). The van der Waals surface area contributed by atoms with Crippen LogP contribution in [0.1, 0.15) is 18.9 Å². The number of hydrogen-bond donors (Lipinski definition) is 1. The molecule has 1 aromatic carbocycles. The Bertz CT molecular complexity index is 623. The average Bonchev–Trinajstić information content (AvgIpc) is 3.16. The average molecular weight is 382 g/mol. The molecule has 2 aliphatic rings. The number of nitrogens with one attached hydrogen (secondary N) is 1. The third-order valence-electron chi connectivity index (χ3n) is 4.89. The third-order valence-corrected chi connectivity index (χ3v) is 4.89. The molecule has 0 saturated carbocycles. The summed E-state index contributed by atoms with van der Waals surface area (Å²) in [4.78, 5) is 9.49. The molecule has 2 fully saturated rings. The highest BCUT2D eigenvalue weighted by atomic mass is 19.3. The molecule has 0 aliphatic carbocycles. The van der Waals surface area contributed by atoms with E-state index in [9.17, 15) is 8.78 Å². The largest absolute Gasteiger partial charge is 0.435 e. The van der Waals surface area contributed by atoms with Gasteiger partial charge in [0.1, 0.15) is 5.75 Å². The van der Waals surface area contributed by atoms with Crippen molar-refractivity contribution in [1.29, 1.82) is 0 Å². The van der Waals surface area contributed by atoms with E-state index in [0.29, 0.717) is 12.6 Å². The molecule has 1 N–H and O–H groups in total. The summed E-state index contributed by atoms with van der Waals surface area (Å²) in [5.74, 6) is 1.03.